The monoisotopic (exact) mass is 626 g/mol. The minimum Gasteiger partial charge on any atom is -0.460 e. The highest BCUT2D eigenvalue weighted by molar-refractivity contribution is 5.91. The number of carbonyl (C=O) groups excluding carboxylic acids is 1. The van der Waals surface area contributed by atoms with E-state index in [1.54, 1.807) is 0 Å². The topological polar surface area (TPSA) is 122 Å². The van der Waals surface area contributed by atoms with Crippen LogP contribution >= 0.6 is 0 Å². The van der Waals surface area contributed by atoms with Crippen molar-refractivity contribution < 1.29 is 24.1 Å². The van der Waals surface area contributed by atoms with Crippen LogP contribution in [0.1, 0.15) is 122 Å². The molecular weight excluding hydrogens is 572 g/mol. The molecule has 0 radical (unpaired) electrons. The number of hydrogen-bond acceptors (Lipinski definition) is 7. The number of ether oxygens (including phenoxy) is 2. The number of nitrogens with zero attached hydrogens (tertiary/aromatic N) is 2. The zero-order valence-corrected chi connectivity index (χ0v) is 28.0. The number of carbonyl (C=O) groups is 1. The van der Waals surface area contributed by atoms with Crippen molar-refractivity contribution in [2.75, 3.05) is 13.2 Å². The minimum atomic E-state index is -0.830. The summed E-state index contributed by atoms with van der Waals surface area (Å²) in [5.74, 6) is 4.89. The Balaban J connectivity index is 1.12. The van der Waals surface area contributed by atoms with E-state index in [0.29, 0.717) is 16.7 Å². The van der Waals surface area contributed by atoms with Crippen molar-refractivity contribution in [1.82, 2.24) is 0 Å². The quantitative estimate of drug-likeness (QED) is 0.0981. The molecule has 9 unspecified atom stereocenters. The number of benzene rings is 1. The molecule has 250 valence electrons. The van der Waals surface area contributed by atoms with Gasteiger partial charge in [-0.3, -0.25) is 20.2 Å². The summed E-state index contributed by atoms with van der Waals surface area (Å²) in [7, 11) is 0. The summed E-state index contributed by atoms with van der Waals surface area (Å²) in [6.07, 6.45) is 15.7. The predicted molar refractivity (Wildman–Crippen MR) is 173 cm³/mol. The smallest absolute Gasteiger partial charge is 0.338 e. The van der Waals surface area contributed by atoms with E-state index in [9.17, 15) is 25.0 Å². The van der Waals surface area contributed by atoms with Crippen LogP contribution in [0.25, 0.3) is 0 Å². The maximum atomic E-state index is 12.5. The largest absolute Gasteiger partial charge is 0.460 e. The van der Waals surface area contributed by atoms with Gasteiger partial charge in [-0.25, -0.2) is 4.79 Å². The van der Waals surface area contributed by atoms with Gasteiger partial charge in [0.25, 0.3) is 11.4 Å². The van der Waals surface area contributed by atoms with Gasteiger partial charge in [0.15, 0.2) is 0 Å². The molecule has 0 saturated heterocycles. The molecule has 1 aromatic carbocycles. The van der Waals surface area contributed by atoms with Crippen molar-refractivity contribution in [3.05, 3.63) is 44.0 Å². The minimum absolute atomic E-state index is 0.00419. The van der Waals surface area contributed by atoms with Gasteiger partial charge < -0.3 is 9.47 Å². The molecular formula is C36H54N2O7. The van der Waals surface area contributed by atoms with E-state index in [-0.39, 0.29) is 24.9 Å². The standard InChI is InChI=1S/C36H54N2O7/c1-23(2)7-6-8-24(3)31-11-12-32-30-10-9-26-21-29(13-15-35(26,4)33(30)14-16-36(31,32)5)44-17-18-45-34(39)25-19-27(37(40)41)22-28(20-25)38(42)43/h19-20,22-24,26,29-33H,6-18,21H2,1-5H3. The molecule has 4 aliphatic carbocycles. The van der Waals surface area contributed by atoms with Crippen molar-refractivity contribution in [2.24, 2.45) is 52.3 Å². The lowest BCUT2D eigenvalue weighted by molar-refractivity contribution is -0.394. The maximum absolute atomic E-state index is 12.5. The van der Waals surface area contributed by atoms with Gasteiger partial charge in [0.1, 0.15) is 6.61 Å². The van der Waals surface area contributed by atoms with Gasteiger partial charge in [-0.05, 0) is 110 Å². The van der Waals surface area contributed by atoms with Gasteiger partial charge in [0.2, 0.25) is 0 Å². The second kappa shape index (κ2) is 13.7. The van der Waals surface area contributed by atoms with Crippen molar-refractivity contribution >= 4 is 17.3 Å². The highest BCUT2D eigenvalue weighted by Gasteiger charge is 2.60. The molecule has 1 aromatic rings. The summed E-state index contributed by atoms with van der Waals surface area (Å²) >= 11 is 0. The fourth-order valence-electron chi connectivity index (χ4n) is 10.8. The molecule has 9 atom stereocenters. The van der Waals surface area contributed by atoms with Gasteiger partial charge in [-0.15, -0.1) is 0 Å². The Labute approximate surface area is 268 Å². The molecule has 0 N–H and O–H groups in total. The Morgan fingerprint density at radius 2 is 1.53 bits per heavy atom. The molecule has 0 aromatic heterocycles. The predicted octanol–water partition coefficient (Wildman–Crippen LogP) is 9.17. The van der Waals surface area contributed by atoms with Crippen LogP contribution in [-0.2, 0) is 9.47 Å². The molecule has 0 aliphatic heterocycles. The summed E-state index contributed by atoms with van der Waals surface area (Å²) in [6.45, 7) is 12.7. The van der Waals surface area contributed by atoms with Crippen LogP contribution in [0, 0.1) is 72.5 Å². The maximum Gasteiger partial charge on any atom is 0.338 e. The molecule has 0 amide bonds. The first-order chi connectivity index (χ1) is 21.3. The molecule has 4 aliphatic rings. The molecule has 9 heteroatoms. The summed E-state index contributed by atoms with van der Waals surface area (Å²) in [5.41, 5.74) is -0.369. The summed E-state index contributed by atoms with van der Waals surface area (Å²) in [5, 5.41) is 22.3. The van der Waals surface area contributed by atoms with Crippen LogP contribution in [0.4, 0.5) is 11.4 Å². The second-order valence-electron chi connectivity index (χ2n) is 15.8. The molecule has 9 nitrogen and oxygen atoms in total. The number of fused-ring (bicyclic) bond motifs is 5. The lowest BCUT2D eigenvalue weighted by atomic mass is 9.44. The Bertz CT molecular complexity index is 1220. The van der Waals surface area contributed by atoms with Crippen molar-refractivity contribution in [3.8, 4) is 0 Å². The number of nitro benzene ring substituents is 2. The van der Waals surface area contributed by atoms with Crippen LogP contribution in [-0.4, -0.2) is 35.1 Å². The van der Waals surface area contributed by atoms with E-state index in [1.165, 1.54) is 64.2 Å². The van der Waals surface area contributed by atoms with Crippen LogP contribution in [0.3, 0.4) is 0 Å². The summed E-state index contributed by atoms with van der Waals surface area (Å²) in [6, 6.07) is 2.84. The average molecular weight is 627 g/mol. The summed E-state index contributed by atoms with van der Waals surface area (Å²) < 4.78 is 11.5. The summed E-state index contributed by atoms with van der Waals surface area (Å²) in [4.78, 5) is 33.3. The number of nitro groups is 2. The first-order valence-electron chi connectivity index (χ1n) is 17.6. The molecule has 0 heterocycles. The third-order valence-electron chi connectivity index (χ3n) is 13.0. The van der Waals surface area contributed by atoms with Crippen LogP contribution in [0.15, 0.2) is 18.2 Å². The van der Waals surface area contributed by atoms with Gasteiger partial charge >= 0.3 is 5.97 Å². The van der Waals surface area contributed by atoms with Gasteiger partial charge in [-0.2, -0.15) is 0 Å². The molecule has 4 saturated carbocycles. The van der Waals surface area contributed by atoms with Gasteiger partial charge in [-0.1, -0.05) is 53.9 Å². The molecule has 0 bridgehead atoms. The Morgan fingerprint density at radius 3 is 2.20 bits per heavy atom. The number of esters is 1. The normalized spacial score (nSPS) is 34.8. The van der Waals surface area contributed by atoms with E-state index >= 15 is 0 Å². The van der Waals surface area contributed by atoms with Crippen LogP contribution in [0.5, 0.6) is 0 Å². The van der Waals surface area contributed by atoms with E-state index in [1.807, 2.05) is 0 Å². The SMILES string of the molecule is CC(C)CCCC(C)C1CCC2C3CCC4CC(OCCOC(=O)c5cc([N+](=O)[O-])cc([N+](=O)[O-])c5)CCC4(C)C3CCC12C. The van der Waals surface area contributed by atoms with Crippen LogP contribution in [0.2, 0.25) is 0 Å². The Morgan fingerprint density at radius 1 is 0.867 bits per heavy atom. The molecule has 0 spiro atoms. The van der Waals surface area contributed by atoms with Crippen molar-refractivity contribution in [1.29, 1.82) is 0 Å². The lowest BCUT2D eigenvalue weighted by Crippen LogP contribution is -2.54. The average Bonchev–Trinajstić information content (AvgIpc) is 3.36. The number of hydrogen-bond donors (Lipinski definition) is 0. The van der Waals surface area contributed by atoms with E-state index in [0.717, 1.165) is 66.5 Å². The van der Waals surface area contributed by atoms with E-state index in [2.05, 4.69) is 34.6 Å². The van der Waals surface area contributed by atoms with Crippen LogP contribution < -0.4 is 0 Å². The number of non-ortho nitro benzene ring substituents is 2. The van der Waals surface area contributed by atoms with Gasteiger partial charge in [0.05, 0.1) is 34.2 Å². The van der Waals surface area contributed by atoms with E-state index in [4.69, 9.17) is 9.47 Å². The Kier molecular flexibility index (Phi) is 10.3. The molecule has 45 heavy (non-hydrogen) atoms. The highest BCUT2D eigenvalue weighted by Crippen LogP contribution is 2.68. The molecule has 4 fully saturated rings. The molecule has 5 rings (SSSR count). The zero-order valence-electron chi connectivity index (χ0n) is 28.0. The first kappa shape index (κ1) is 33.8. The fourth-order valence-corrected chi connectivity index (χ4v) is 10.8. The van der Waals surface area contributed by atoms with Crippen molar-refractivity contribution in [3.63, 3.8) is 0 Å². The fraction of sp³-hybridized carbons (Fsp3) is 0.806. The van der Waals surface area contributed by atoms with Crippen molar-refractivity contribution in [2.45, 2.75) is 118 Å². The third-order valence-corrected chi connectivity index (χ3v) is 13.0. The zero-order chi connectivity index (χ0) is 32.5. The Hall–Kier alpha value is -2.55. The van der Waals surface area contributed by atoms with E-state index < -0.39 is 27.2 Å². The first-order valence-corrected chi connectivity index (χ1v) is 17.6. The second-order valence-corrected chi connectivity index (χ2v) is 15.8. The van der Waals surface area contributed by atoms with Gasteiger partial charge in [0, 0.05) is 12.1 Å². The third kappa shape index (κ3) is 6.93. The lowest BCUT2D eigenvalue weighted by Gasteiger charge is -2.61. The highest BCUT2D eigenvalue weighted by atomic mass is 16.6. The number of rotatable bonds is 12.